The van der Waals surface area contributed by atoms with E-state index in [4.69, 9.17) is 0 Å². The Morgan fingerprint density at radius 3 is 2.68 bits per heavy atom. The predicted molar refractivity (Wildman–Crippen MR) is 106 cm³/mol. The average Bonchev–Trinajstić information content (AvgIpc) is 3.06. The van der Waals surface area contributed by atoms with E-state index >= 15 is 0 Å². The van der Waals surface area contributed by atoms with E-state index in [0.717, 1.165) is 24.0 Å². The standard InChI is InChI=1S/C17H23F2N5.HI/c1-2-20-17(22-10-6-9-14-7-4-3-5-8-14)23-13-15-21-11-12-24(15)16(18)19;/h3-5,7-8,11-12,16H,2,6,9-10,13H2,1H3,(H2,20,22,23);1H. The first kappa shape index (κ1) is 21.3. The predicted octanol–water partition coefficient (Wildman–Crippen LogP) is 3.58. The van der Waals surface area contributed by atoms with Crippen LogP contribution >= 0.6 is 24.0 Å². The van der Waals surface area contributed by atoms with Crippen LogP contribution in [-0.4, -0.2) is 28.6 Å². The molecule has 0 aliphatic rings. The van der Waals surface area contributed by atoms with Crippen molar-refractivity contribution in [3.8, 4) is 0 Å². The molecule has 5 nitrogen and oxygen atoms in total. The first-order valence-electron chi connectivity index (χ1n) is 8.06. The molecule has 1 aromatic heterocycles. The summed E-state index contributed by atoms with van der Waals surface area (Å²) in [5, 5.41) is 6.32. The number of aromatic nitrogens is 2. The molecule has 0 radical (unpaired) electrons. The van der Waals surface area contributed by atoms with E-state index in [1.165, 1.54) is 18.0 Å². The number of halogens is 3. The van der Waals surface area contributed by atoms with Crippen molar-refractivity contribution in [2.45, 2.75) is 32.9 Å². The molecule has 1 aromatic carbocycles. The Labute approximate surface area is 164 Å². The summed E-state index contributed by atoms with van der Waals surface area (Å²) >= 11 is 0. The number of imidazole rings is 1. The molecule has 0 unspecified atom stereocenters. The van der Waals surface area contributed by atoms with Gasteiger partial charge in [0.1, 0.15) is 12.4 Å². The van der Waals surface area contributed by atoms with Gasteiger partial charge in [0.25, 0.3) is 0 Å². The van der Waals surface area contributed by atoms with E-state index in [1.807, 2.05) is 25.1 Å². The van der Waals surface area contributed by atoms with Gasteiger partial charge < -0.3 is 10.6 Å². The third-order valence-corrected chi connectivity index (χ3v) is 3.46. The second kappa shape index (κ2) is 11.8. The van der Waals surface area contributed by atoms with Crippen LogP contribution in [0.4, 0.5) is 8.78 Å². The van der Waals surface area contributed by atoms with Gasteiger partial charge in [-0.05, 0) is 25.3 Å². The molecule has 2 N–H and O–H groups in total. The van der Waals surface area contributed by atoms with E-state index in [-0.39, 0.29) is 36.3 Å². The number of aryl methyl sites for hydroxylation is 1. The fourth-order valence-corrected chi connectivity index (χ4v) is 2.28. The largest absolute Gasteiger partial charge is 0.357 e. The normalized spacial score (nSPS) is 11.3. The summed E-state index contributed by atoms with van der Waals surface area (Å²) in [5.41, 5.74) is 1.29. The van der Waals surface area contributed by atoms with Crippen molar-refractivity contribution in [1.29, 1.82) is 0 Å². The number of nitrogens with zero attached hydrogens (tertiary/aromatic N) is 3. The molecule has 0 atom stereocenters. The van der Waals surface area contributed by atoms with Crippen molar-refractivity contribution in [1.82, 2.24) is 20.2 Å². The molecular weight excluding hydrogens is 439 g/mol. The molecule has 0 amide bonds. The monoisotopic (exact) mass is 463 g/mol. The molecular formula is C17H24F2IN5. The molecule has 2 aromatic rings. The minimum atomic E-state index is -2.60. The molecule has 0 fully saturated rings. The van der Waals surface area contributed by atoms with Gasteiger partial charge in [-0.2, -0.15) is 8.78 Å². The number of hydrogen-bond donors (Lipinski definition) is 2. The van der Waals surface area contributed by atoms with Gasteiger partial charge in [-0.3, -0.25) is 4.57 Å². The van der Waals surface area contributed by atoms with E-state index in [9.17, 15) is 8.78 Å². The van der Waals surface area contributed by atoms with E-state index in [1.54, 1.807) is 0 Å². The molecule has 1 heterocycles. The number of hydrogen-bond acceptors (Lipinski definition) is 2. The SMILES string of the molecule is CCNC(=NCc1nccn1C(F)F)NCCCc1ccccc1.I. The summed E-state index contributed by atoms with van der Waals surface area (Å²) < 4.78 is 26.4. The highest BCUT2D eigenvalue weighted by Gasteiger charge is 2.10. The highest BCUT2D eigenvalue weighted by atomic mass is 127. The topological polar surface area (TPSA) is 54.2 Å². The molecule has 8 heteroatoms. The lowest BCUT2D eigenvalue weighted by Gasteiger charge is -2.11. The molecule has 0 aliphatic carbocycles. The van der Waals surface area contributed by atoms with Gasteiger partial charge in [-0.25, -0.2) is 9.98 Å². The summed E-state index contributed by atoms with van der Waals surface area (Å²) in [5.74, 6) is 0.848. The van der Waals surface area contributed by atoms with Gasteiger partial charge in [-0.1, -0.05) is 30.3 Å². The van der Waals surface area contributed by atoms with Gasteiger partial charge in [-0.15, -0.1) is 24.0 Å². The van der Waals surface area contributed by atoms with Gasteiger partial charge in [0.2, 0.25) is 0 Å². The third-order valence-electron chi connectivity index (χ3n) is 3.46. The Kier molecular flexibility index (Phi) is 10.0. The molecule has 0 aliphatic heterocycles. The first-order valence-corrected chi connectivity index (χ1v) is 8.06. The lowest BCUT2D eigenvalue weighted by molar-refractivity contribution is 0.0671. The summed E-state index contributed by atoms with van der Waals surface area (Å²) in [6.07, 6.45) is 4.55. The van der Waals surface area contributed by atoms with Crippen LogP contribution in [0.1, 0.15) is 31.3 Å². The van der Waals surface area contributed by atoms with Crippen LogP contribution in [-0.2, 0) is 13.0 Å². The van der Waals surface area contributed by atoms with Crippen molar-refractivity contribution in [3.05, 3.63) is 54.1 Å². The molecule has 2 rings (SSSR count). The molecule has 0 bridgehead atoms. The zero-order chi connectivity index (χ0) is 17.2. The maximum absolute atomic E-state index is 12.8. The number of guanidine groups is 1. The van der Waals surface area contributed by atoms with E-state index in [2.05, 4.69) is 32.7 Å². The average molecular weight is 463 g/mol. The van der Waals surface area contributed by atoms with Crippen LogP contribution in [0.5, 0.6) is 0 Å². The first-order chi connectivity index (χ1) is 11.7. The quantitative estimate of drug-likeness (QED) is 0.273. The zero-order valence-corrected chi connectivity index (χ0v) is 16.5. The Bertz CT molecular complexity index is 631. The molecule has 0 saturated heterocycles. The summed E-state index contributed by atoms with van der Waals surface area (Å²) in [7, 11) is 0. The van der Waals surface area contributed by atoms with Crippen molar-refractivity contribution in [3.63, 3.8) is 0 Å². The fourth-order valence-electron chi connectivity index (χ4n) is 2.28. The molecule has 0 spiro atoms. The van der Waals surface area contributed by atoms with Crippen LogP contribution in [0, 0.1) is 0 Å². The minimum Gasteiger partial charge on any atom is -0.357 e. The second-order valence-electron chi connectivity index (χ2n) is 5.24. The summed E-state index contributed by atoms with van der Waals surface area (Å²) in [4.78, 5) is 8.25. The van der Waals surface area contributed by atoms with Crippen molar-refractivity contribution in [2.75, 3.05) is 13.1 Å². The minimum absolute atomic E-state index is 0. The van der Waals surface area contributed by atoms with Crippen LogP contribution < -0.4 is 10.6 Å². The van der Waals surface area contributed by atoms with Crippen LogP contribution in [0.3, 0.4) is 0 Å². The number of rotatable bonds is 8. The molecule has 138 valence electrons. The van der Waals surface area contributed by atoms with Crippen LogP contribution in [0.2, 0.25) is 0 Å². The Morgan fingerprint density at radius 1 is 1.24 bits per heavy atom. The van der Waals surface area contributed by atoms with Crippen molar-refractivity contribution < 1.29 is 8.78 Å². The Morgan fingerprint density at radius 2 is 2.00 bits per heavy atom. The number of aliphatic imine (C=N–C) groups is 1. The maximum Gasteiger partial charge on any atom is 0.319 e. The summed E-state index contributed by atoms with van der Waals surface area (Å²) in [6, 6.07) is 10.3. The van der Waals surface area contributed by atoms with Gasteiger partial charge in [0.15, 0.2) is 5.96 Å². The van der Waals surface area contributed by atoms with E-state index < -0.39 is 6.55 Å². The number of nitrogens with one attached hydrogen (secondary N) is 2. The Balaban J connectivity index is 0.00000312. The highest BCUT2D eigenvalue weighted by molar-refractivity contribution is 14.0. The number of benzene rings is 1. The van der Waals surface area contributed by atoms with E-state index in [0.29, 0.717) is 12.5 Å². The molecule has 25 heavy (non-hydrogen) atoms. The van der Waals surface area contributed by atoms with Crippen LogP contribution in [0.15, 0.2) is 47.7 Å². The highest BCUT2D eigenvalue weighted by Crippen LogP contribution is 2.12. The molecule has 0 saturated carbocycles. The maximum atomic E-state index is 12.8. The zero-order valence-electron chi connectivity index (χ0n) is 14.2. The van der Waals surface area contributed by atoms with Crippen LogP contribution in [0.25, 0.3) is 0 Å². The smallest absolute Gasteiger partial charge is 0.319 e. The second-order valence-corrected chi connectivity index (χ2v) is 5.24. The van der Waals surface area contributed by atoms with Gasteiger partial charge in [0.05, 0.1) is 0 Å². The lowest BCUT2D eigenvalue weighted by Crippen LogP contribution is -2.38. The van der Waals surface area contributed by atoms with Gasteiger partial charge >= 0.3 is 6.55 Å². The summed E-state index contributed by atoms with van der Waals surface area (Å²) in [6.45, 7) is 0.920. The van der Waals surface area contributed by atoms with Crippen molar-refractivity contribution >= 4 is 29.9 Å². The lowest BCUT2D eigenvalue weighted by atomic mass is 10.1. The van der Waals surface area contributed by atoms with Gasteiger partial charge in [0, 0.05) is 25.5 Å². The number of alkyl halides is 2. The fraction of sp³-hybridized carbons (Fsp3) is 0.412. The Hall–Kier alpha value is -1.71. The van der Waals surface area contributed by atoms with Crippen molar-refractivity contribution in [2.24, 2.45) is 4.99 Å². The third kappa shape index (κ3) is 7.37.